The summed E-state index contributed by atoms with van der Waals surface area (Å²) in [7, 11) is 0. The monoisotopic (exact) mass is 373 g/mol. The number of phenols is 1. The van der Waals surface area contributed by atoms with E-state index in [1.807, 2.05) is 19.1 Å². The Hall–Kier alpha value is -3.35. The second-order valence-electron chi connectivity index (χ2n) is 6.08. The molecule has 0 saturated heterocycles. The lowest BCUT2D eigenvalue weighted by Crippen LogP contribution is -2.21. The first kappa shape index (κ1) is 20.0. The van der Waals surface area contributed by atoms with Gasteiger partial charge in [0.25, 0.3) is 0 Å². The van der Waals surface area contributed by atoms with Gasteiger partial charge in [0.2, 0.25) is 0 Å². The molecule has 0 heterocycles. The molecule has 6 nitrogen and oxygen atoms in total. The summed E-state index contributed by atoms with van der Waals surface area (Å²) in [6.45, 7) is 3.54. The van der Waals surface area contributed by atoms with Gasteiger partial charge in [-0.15, -0.1) is 0 Å². The fourth-order valence-electron chi connectivity index (χ4n) is 2.41. The molecule has 0 fully saturated rings. The Kier molecular flexibility index (Phi) is 6.54. The van der Waals surface area contributed by atoms with Crippen LogP contribution in [0.25, 0.3) is 0 Å². The van der Waals surface area contributed by atoms with Gasteiger partial charge in [-0.1, -0.05) is 36.8 Å². The minimum absolute atomic E-state index is 0.284. The molecule has 0 saturated carbocycles. The number of carbonyl (C=O) groups excluding carboxylic acids is 1. The number of aliphatic carboxylic acids is 1. The third-order valence-corrected chi connectivity index (χ3v) is 3.85. The van der Waals surface area contributed by atoms with E-state index in [2.05, 4.69) is 5.32 Å². The van der Waals surface area contributed by atoms with Crippen molar-refractivity contribution in [2.45, 2.75) is 20.0 Å². The number of phenolic OH excluding ortho intramolecular Hbond substituents is 1. The van der Waals surface area contributed by atoms with Crippen LogP contribution in [0.1, 0.15) is 24.2 Å². The highest BCUT2D eigenvalue weighted by Gasteiger charge is 2.23. The van der Waals surface area contributed by atoms with Crippen LogP contribution in [0.5, 0.6) is 5.75 Å². The summed E-state index contributed by atoms with van der Waals surface area (Å²) in [5, 5.41) is 20.7. The molecule has 0 bridgehead atoms. The van der Waals surface area contributed by atoms with Gasteiger partial charge in [0.1, 0.15) is 6.10 Å². The molecule has 0 unspecified atom stereocenters. The molecule has 3 N–H and O–H groups in total. The SMILES string of the molecule is Cc1ccc(NC(=O)O[C@@H](c2ccc(O)c(F)c2)[C@@H](C)/C=C/C(=O)O)cc1. The summed E-state index contributed by atoms with van der Waals surface area (Å²) in [6.07, 6.45) is 0.543. The minimum atomic E-state index is -1.15. The van der Waals surface area contributed by atoms with Gasteiger partial charge in [-0.25, -0.2) is 14.0 Å². The van der Waals surface area contributed by atoms with E-state index in [0.717, 1.165) is 23.8 Å². The summed E-state index contributed by atoms with van der Waals surface area (Å²) in [4.78, 5) is 23.0. The molecule has 142 valence electrons. The Morgan fingerprint density at radius 3 is 2.44 bits per heavy atom. The summed E-state index contributed by atoms with van der Waals surface area (Å²) < 4.78 is 19.1. The minimum Gasteiger partial charge on any atom is -0.505 e. The third-order valence-electron chi connectivity index (χ3n) is 3.85. The first-order valence-corrected chi connectivity index (χ1v) is 8.20. The van der Waals surface area contributed by atoms with Gasteiger partial charge in [-0.05, 0) is 36.8 Å². The Bertz CT molecular complexity index is 848. The number of carboxylic acids is 1. The van der Waals surface area contributed by atoms with E-state index >= 15 is 0 Å². The van der Waals surface area contributed by atoms with Crippen molar-refractivity contribution in [3.05, 3.63) is 71.6 Å². The maximum atomic E-state index is 13.7. The lowest BCUT2D eigenvalue weighted by Gasteiger charge is -2.23. The highest BCUT2D eigenvalue weighted by atomic mass is 19.1. The third kappa shape index (κ3) is 5.85. The van der Waals surface area contributed by atoms with Crippen LogP contribution in [-0.2, 0) is 9.53 Å². The number of halogens is 1. The second kappa shape index (κ2) is 8.84. The van der Waals surface area contributed by atoms with Gasteiger partial charge in [-0.2, -0.15) is 0 Å². The average Bonchev–Trinajstić information content (AvgIpc) is 2.62. The molecule has 0 aliphatic heterocycles. The fraction of sp³-hybridized carbons (Fsp3) is 0.200. The summed E-state index contributed by atoms with van der Waals surface area (Å²) in [5.74, 6) is -3.11. The number of ether oxygens (including phenoxy) is 1. The molecule has 2 atom stereocenters. The summed E-state index contributed by atoms with van der Waals surface area (Å²) in [6, 6.07) is 10.7. The average molecular weight is 373 g/mol. The van der Waals surface area contributed by atoms with Crippen molar-refractivity contribution in [3.8, 4) is 5.75 Å². The number of nitrogens with one attached hydrogen (secondary N) is 1. The number of anilines is 1. The van der Waals surface area contributed by atoms with Gasteiger partial charge >= 0.3 is 12.1 Å². The number of aromatic hydroxyl groups is 1. The molecule has 27 heavy (non-hydrogen) atoms. The van der Waals surface area contributed by atoms with E-state index in [0.29, 0.717) is 5.69 Å². The van der Waals surface area contributed by atoms with Crippen LogP contribution >= 0.6 is 0 Å². The van der Waals surface area contributed by atoms with Crippen molar-refractivity contribution in [2.24, 2.45) is 5.92 Å². The Balaban J connectivity index is 2.22. The van der Waals surface area contributed by atoms with Crippen LogP contribution in [-0.4, -0.2) is 22.3 Å². The number of hydrogen-bond acceptors (Lipinski definition) is 4. The Morgan fingerprint density at radius 2 is 1.85 bits per heavy atom. The molecule has 0 radical (unpaired) electrons. The Labute approximate surface area is 155 Å². The number of benzene rings is 2. The fourth-order valence-corrected chi connectivity index (χ4v) is 2.41. The topological polar surface area (TPSA) is 95.9 Å². The van der Waals surface area contributed by atoms with E-state index in [-0.39, 0.29) is 5.56 Å². The summed E-state index contributed by atoms with van der Waals surface area (Å²) >= 11 is 0. The van der Waals surface area contributed by atoms with E-state index in [1.165, 1.54) is 12.1 Å². The molecule has 2 aromatic carbocycles. The largest absolute Gasteiger partial charge is 0.505 e. The lowest BCUT2D eigenvalue weighted by molar-refractivity contribution is -0.131. The van der Waals surface area contributed by atoms with Gasteiger partial charge in [0.05, 0.1) is 0 Å². The van der Waals surface area contributed by atoms with E-state index in [1.54, 1.807) is 19.1 Å². The molecule has 2 aromatic rings. The van der Waals surface area contributed by atoms with Crippen LogP contribution in [0, 0.1) is 18.7 Å². The van der Waals surface area contributed by atoms with Crippen molar-refractivity contribution in [3.63, 3.8) is 0 Å². The predicted octanol–water partition coefficient (Wildman–Crippen LogP) is 4.41. The normalized spacial score (nSPS) is 13.1. The van der Waals surface area contributed by atoms with Crippen LogP contribution < -0.4 is 5.32 Å². The van der Waals surface area contributed by atoms with E-state index in [9.17, 15) is 19.1 Å². The van der Waals surface area contributed by atoms with Crippen molar-refractivity contribution >= 4 is 17.7 Å². The highest BCUT2D eigenvalue weighted by Crippen LogP contribution is 2.30. The molecular weight excluding hydrogens is 353 g/mol. The molecule has 2 rings (SSSR count). The second-order valence-corrected chi connectivity index (χ2v) is 6.08. The van der Waals surface area contributed by atoms with Crippen molar-refractivity contribution < 1.29 is 28.9 Å². The van der Waals surface area contributed by atoms with Crippen LogP contribution in [0.3, 0.4) is 0 Å². The zero-order valence-electron chi connectivity index (χ0n) is 14.8. The Morgan fingerprint density at radius 1 is 1.19 bits per heavy atom. The number of aryl methyl sites for hydroxylation is 1. The van der Waals surface area contributed by atoms with Gasteiger partial charge < -0.3 is 14.9 Å². The number of hydrogen-bond donors (Lipinski definition) is 3. The number of carboxylic acid groups (broad SMARTS) is 1. The van der Waals surface area contributed by atoms with Gasteiger partial charge in [0.15, 0.2) is 11.6 Å². The van der Waals surface area contributed by atoms with E-state index < -0.39 is 35.7 Å². The van der Waals surface area contributed by atoms with Crippen molar-refractivity contribution in [1.29, 1.82) is 0 Å². The molecule has 0 aromatic heterocycles. The standard InChI is InChI=1S/C20H20FNO5/c1-12-3-7-15(8-4-12)22-20(26)27-19(13(2)5-10-18(24)25)14-6-9-17(23)16(21)11-14/h3-11,13,19,23H,1-2H3,(H,22,26)(H,24,25)/b10-5+/t13-,19+/m0/s1. The zero-order chi connectivity index (χ0) is 20.0. The molecular formula is C20H20FNO5. The zero-order valence-corrected chi connectivity index (χ0v) is 14.8. The smallest absolute Gasteiger partial charge is 0.412 e. The molecule has 0 spiro atoms. The maximum Gasteiger partial charge on any atom is 0.412 e. The molecule has 7 heteroatoms. The quantitative estimate of drug-likeness (QED) is 0.652. The number of rotatable bonds is 6. The molecule has 0 aliphatic rings. The van der Waals surface area contributed by atoms with Crippen LogP contribution in [0.15, 0.2) is 54.6 Å². The first-order chi connectivity index (χ1) is 12.8. The first-order valence-electron chi connectivity index (χ1n) is 8.20. The summed E-state index contributed by atoms with van der Waals surface area (Å²) in [5.41, 5.74) is 1.83. The van der Waals surface area contributed by atoms with E-state index in [4.69, 9.17) is 9.84 Å². The van der Waals surface area contributed by atoms with Crippen molar-refractivity contribution in [1.82, 2.24) is 0 Å². The van der Waals surface area contributed by atoms with Crippen LogP contribution in [0.4, 0.5) is 14.9 Å². The molecule has 0 aliphatic carbocycles. The number of amides is 1. The van der Waals surface area contributed by atoms with Gasteiger partial charge in [-0.3, -0.25) is 5.32 Å². The lowest BCUT2D eigenvalue weighted by atomic mass is 9.96. The maximum absolute atomic E-state index is 13.7. The van der Waals surface area contributed by atoms with Crippen LogP contribution in [0.2, 0.25) is 0 Å². The highest BCUT2D eigenvalue weighted by molar-refractivity contribution is 5.84. The predicted molar refractivity (Wildman–Crippen MR) is 98.0 cm³/mol. The number of carbonyl (C=O) groups is 2. The van der Waals surface area contributed by atoms with Gasteiger partial charge in [0, 0.05) is 17.7 Å². The molecule has 1 amide bonds. The van der Waals surface area contributed by atoms with Crippen molar-refractivity contribution in [2.75, 3.05) is 5.32 Å².